The molecule has 17 heavy (non-hydrogen) atoms. The third kappa shape index (κ3) is 5.47. The number of hydrogen-bond donors (Lipinski definition) is 1. The van der Waals surface area contributed by atoms with Crippen LogP contribution in [0.2, 0.25) is 0 Å². The Bertz CT molecular complexity index is 258. The van der Waals surface area contributed by atoms with Gasteiger partial charge in [0.2, 0.25) is 0 Å². The molecular formula is C10H16F3NO3. The molecule has 0 aliphatic carbocycles. The molecule has 0 saturated carbocycles. The van der Waals surface area contributed by atoms with Gasteiger partial charge in [-0.3, -0.25) is 9.69 Å². The summed E-state index contributed by atoms with van der Waals surface area (Å²) in [5, 5.41) is 8.70. The molecule has 0 radical (unpaired) electrons. The second kappa shape index (κ2) is 6.32. The van der Waals surface area contributed by atoms with Crippen LogP contribution in [0.25, 0.3) is 0 Å². The van der Waals surface area contributed by atoms with E-state index < -0.39 is 18.6 Å². The number of rotatable bonds is 5. The zero-order valence-electron chi connectivity index (χ0n) is 9.37. The number of carbonyl (C=O) groups excluding carboxylic acids is 1. The normalized spacial score (nSPS) is 22.2. The summed E-state index contributed by atoms with van der Waals surface area (Å²) in [7, 11) is 0. The minimum Gasteiger partial charge on any atom is -0.395 e. The van der Waals surface area contributed by atoms with Gasteiger partial charge in [-0.15, -0.1) is 0 Å². The number of hydrogen-bond acceptors (Lipinski definition) is 4. The average Bonchev–Trinajstić information content (AvgIpc) is 2.19. The van der Waals surface area contributed by atoms with Crippen LogP contribution in [-0.2, 0) is 9.53 Å². The first kappa shape index (κ1) is 14.4. The van der Waals surface area contributed by atoms with Crippen LogP contribution in [-0.4, -0.2) is 61.4 Å². The van der Waals surface area contributed by atoms with Gasteiger partial charge >= 0.3 is 6.18 Å². The number of aliphatic hydroxyl groups is 1. The molecular weight excluding hydrogens is 239 g/mol. The number of ether oxygens (including phenoxy) is 1. The molecule has 1 saturated heterocycles. The van der Waals surface area contributed by atoms with Crippen molar-refractivity contribution in [3.8, 4) is 0 Å². The molecule has 0 spiro atoms. The molecule has 100 valence electrons. The summed E-state index contributed by atoms with van der Waals surface area (Å²) in [6, 6.07) is 0. The van der Waals surface area contributed by atoms with Gasteiger partial charge < -0.3 is 9.84 Å². The van der Waals surface area contributed by atoms with E-state index in [1.807, 2.05) is 0 Å². The summed E-state index contributed by atoms with van der Waals surface area (Å²) in [6.07, 6.45) is -4.07. The Balaban J connectivity index is 2.50. The standard InChI is InChI=1S/C10H16F3NO3/c11-10(12,13)7-14(2-3-15)5-8-6-17-4-1-9(8)16/h8,15H,1-7H2. The summed E-state index contributed by atoms with van der Waals surface area (Å²) >= 11 is 0. The summed E-state index contributed by atoms with van der Waals surface area (Å²) in [5.74, 6) is -0.584. The first-order valence-corrected chi connectivity index (χ1v) is 5.43. The van der Waals surface area contributed by atoms with Gasteiger partial charge in [-0.1, -0.05) is 0 Å². The van der Waals surface area contributed by atoms with Crippen molar-refractivity contribution in [1.29, 1.82) is 0 Å². The summed E-state index contributed by atoms with van der Waals surface area (Å²) < 4.78 is 41.8. The Morgan fingerprint density at radius 2 is 2.18 bits per heavy atom. The van der Waals surface area contributed by atoms with Gasteiger partial charge in [0.05, 0.1) is 32.3 Å². The second-order valence-electron chi connectivity index (χ2n) is 4.06. The highest BCUT2D eigenvalue weighted by Gasteiger charge is 2.33. The van der Waals surface area contributed by atoms with Crippen molar-refractivity contribution < 1.29 is 27.8 Å². The van der Waals surface area contributed by atoms with Crippen LogP contribution in [0.5, 0.6) is 0 Å². The number of halogens is 3. The fraction of sp³-hybridized carbons (Fsp3) is 0.900. The van der Waals surface area contributed by atoms with Crippen molar-refractivity contribution in [1.82, 2.24) is 4.90 Å². The number of carbonyl (C=O) groups is 1. The molecule has 0 bridgehead atoms. The van der Waals surface area contributed by atoms with E-state index in [1.165, 1.54) is 0 Å². The molecule has 0 aromatic heterocycles. The van der Waals surface area contributed by atoms with Crippen LogP contribution in [0.4, 0.5) is 13.2 Å². The zero-order valence-corrected chi connectivity index (χ0v) is 9.37. The zero-order chi connectivity index (χ0) is 12.9. The van der Waals surface area contributed by atoms with Crippen LogP contribution < -0.4 is 0 Å². The molecule has 1 unspecified atom stereocenters. The minimum absolute atomic E-state index is 0.0150. The van der Waals surface area contributed by atoms with E-state index in [1.54, 1.807) is 0 Å². The second-order valence-corrected chi connectivity index (χ2v) is 4.06. The van der Waals surface area contributed by atoms with Crippen molar-refractivity contribution in [2.24, 2.45) is 5.92 Å². The summed E-state index contributed by atoms with van der Waals surface area (Å²) in [5.41, 5.74) is 0. The molecule has 0 amide bonds. The summed E-state index contributed by atoms with van der Waals surface area (Å²) in [6.45, 7) is -1.08. The number of alkyl halides is 3. The van der Waals surface area contributed by atoms with E-state index in [4.69, 9.17) is 9.84 Å². The highest BCUT2D eigenvalue weighted by Crippen LogP contribution is 2.18. The number of ketones is 1. The lowest BCUT2D eigenvalue weighted by atomic mass is 10.00. The molecule has 1 rings (SSSR count). The van der Waals surface area contributed by atoms with E-state index in [9.17, 15) is 18.0 Å². The first-order chi connectivity index (χ1) is 7.92. The highest BCUT2D eigenvalue weighted by molar-refractivity contribution is 5.82. The van der Waals surface area contributed by atoms with Crippen LogP contribution in [0, 0.1) is 5.92 Å². The van der Waals surface area contributed by atoms with Crippen LogP contribution in [0.15, 0.2) is 0 Å². The first-order valence-electron chi connectivity index (χ1n) is 5.43. The maximum absolute atomic E-state index is 12.2. The SMILES string of the molecule is O=C1CCOCC1CN(CCO)CC(F)(F)F. The smallest absolute Gasteiger partial charge is 0.395 e. The lowest BCUT2D eigenvalue weighted by Gasteiger charge is -2.28. The molecule has 1 aliphatic rings. The van der Waals surface area contributed by atoms with Gasteiger partial charge in [0.25, 0.3) is 0 Å². The fourth-order valence-electron chi connectivity index (χ4n) is 1.79. The Hall–Kier alpha value is -0.660. The van der Waals surface area contributed by atoms with E-state index in [2.05, 4.69) is 0 Å². The Kier molecular flexibility index (Phi) is 5.35. The molecule has 1 aliphatic heterocycles. The van der Waals surface area contributed by atoms with Crippen LogP contribution in [0.1, 0.15) is 6.42 Å². The van der Waals surface area contributed by atoms with E-state index in [-0.39, 0.29) is 38.5 Å². The number of Topliss-reactive ketones (excluding diaryl/α,β-unsaturated/α-hetero) is 1. The third-order valence-corrected chi connectivity index (χ3v) is 2.56. The number of nitrogens with zero attached hydrogens (tertiary/aromatic N) is 1. The fourth-order valence-corrected chi connectivity index (χ4v) is 1.79. The van der Waals surface area contributed by atoms with E-state index in [0.717, 1.165) is 4.90 Å². The maximum atomic E-state index is 12.2. The lowest BCUT2D eigenvalue weighted by Crippen LogP contribution is -2.43. The van der Waals surface area contributed by atoms with Crippen molar-refractivity contribution in [3.63, 3.8) is 0 Å². The van der Waals surface area contributed by atoms with Gasteiger partial charge in [0.1, 0.15) is 5.78 Å². The molecule has 1 heterocycles. The Morgan fingerprint density at radius 3 is 2.71 bits per heavy atom. The van der Waals surface area contributed by atoms with Gasteiger partial charge in [0, 0.05) is 19.5 Å². The average molecular weight is 255 g/mol. The van der Waals surface area contributed by atoms with Crippen molar-refractivity contribution in [3.05, 3.63) is 0 Å². The largest absolute Gasteiger partial charge is 0.401 e. The van der Waals surface area contributed by atoms with Crippen LogP contribution in [0.3, 0.4) is 0 Å². The van der Waals surface area contributed by atoms with Gasteiger partial charge in [-0.25, -0.2) is 0 Å². The topological polar surface area (TPSA) is 49.8 Å². The molecule has 7 heteroatoms. The minimum atomic E-state index is -4.33. The molecule has 1 atom stereocenters. The van der Waals surface area contributed by atoms with Crippen molar-refractivity contribution in [2.75, 3.05) is 39.5 Å². The van der Waals surface area contributed by atoms with Gasteiger partial charge in [-0.05, 0) is 0 Å². The predicted octanol–water partition coefficient (Wildman–Crippen LogP) is 0.449. The van der Waals surface area contributed by atoms with E-state index in [0.29, 0.717) is 6.61 Å². The van der Waals surface area contributed by atoms with Gasteiger partial charge in [0.15, 0.2) is 0 Å². The van der Waals surface area contributed by atoms with Crippen molar-refractivity contribution in [2.45, 2.75) is 12.6 Å². The Labute approximate surface area is 97.3 Å². The molecule has 0 aromatic rings. The third-order valence-electron chi connectivity index (χ3n) is 2.56. The summed E-state index contributed by atoms with van der Waals surface area (Å²) in [4.78, 5) is 12.5. The number of aliphatic hydroxyl groups excluding tert-OH is 1. The maximum Gasteiger partial charge on any atom is 0.401 e. The monoisotopic (exact) mass is 255 g/mol. The molecule has 1 N–H and O–H groups in total. The highest BCUT2D eigenvalue weighted by atomic mass is 19.4. The molecule has 4 nitrogen and oxygen atoms in total. The Morgan fingerprint density at radius 1 is 1.47 bits per heavy atom. The van der Waals surface area contributed by atoms with Crippen LogP contribution >= 0.6 is 0 Å². The van der Waals surface area contributed by atoms with Crippen molar-refractivity contribution >= 4 is 5.78 Å². The van der Waals surface area contributed by atoms with Gasteiger partial charge in [-0.2, -0.15) is 13.2 Å². The molecule has 0 aromatic carbocycles. The quantitative estimate of drug-likeness (QED) is 0.775. The predicted molar refractivity (Wildman–Crippen MR) is 53.5 cm³/mol. The lowest BCUT2D eigenvalue weighted by molar-refractivity contribution is -0.152. The van der Waals surface area contributed by atoms with E-state index >= 15 is 0 Å². The molecule has 1 fully saturated rings.